The van der Waals surface area contributed by atoms with Gasteiger partial charge in [-0.1, -0.05) is 61.9 Å². The zero-order valence-corrected chi connectivity index (χ0v) is 18.9. The van der Waals surface area contributed by atoms with Crippen molar-refractivity contribution in [3.05, 3.63) is 65.0 Å². The third-order valence-corrected chi connectivity index (χ3v) is 8.07. The van der Waals surface area contributed by atoms with Crippen LogP contribution in [-0.4, -0.2) is 39.1 Å². The van der Waals surface area contributed by atoms with Crippen LogP contribution < -0.4 is 5.56 Å². The molecule has 0 amide bonds. The molecule has 0 spiro atoms. The molecule has 0 aliphatic carbocycles. The molecule has 0 aliphatic rings. The minimum Gasteiger partial charge on any atom is -0.276 e. The van der Waals surface area contributed by atoms with E-state index < -0.39 is 9.84 Å². The Labute approximate surface area is 185 Å². The molecule has 0 unspecified atom stereocenters. The van der Waals surface area contributed by atoms with Crippen molar-refractivity contribution in [2.75, 3.05) is 11.5 Å². The van der Waals surface area contributed by atoms with Crippen LogP contribution in [0.15, 0.2) is 69.4 Å². The van der Waals surface area contributed by atoms with Gasteiger partial charge in [-0.05, 0) is 30.7 Å². The van der Waals surface area contributed by atoms with Gasteiger partial charge in [-0.2, -0.15) is 0 Å². The number of aryl methyl sites for hydroxylation is 1. The number of rotatable bonds is 9. The summed E-state index contributed by atoms with van der Waals surface area (Å²) >= 11 is 1.33. The lowest BCUT2D eigenvalue weighted by molar-refractivity contribution is 0.594. The van der Waals surface area contributed by atoms with Crippen LogP contribution in [0.3, 0.4) is 0 Å². The molecule has 2 aromatic carbocycles. The van der Waals surface area contributed by atoms with Crippen molar-refractivity contribution in [2.45, 2.75) is 42.8 Å². The van der Waals surface area contributed by atoms with Crippen molar-refractivity contribution in [3.8, 4) is 0 Å². The van der Waals surface area contributed by atoms with Crippen molar-refractivity contribution in [1.82, 2.24) is 19.2 Å². The predicted octanol–water partition coefficient (Wildman–Crippen LogP) is 3.80. The largest absolute Gasteiger partial charge is 0.276 e. The van der Waals surface area contributed by atoms with Crippen LogP contribution in [0.25, 0.3) is 16.7 Å². The van der Waals surface area contributed by atoms with Crippen molar-refractivity contribution in [1.29, 1.82) is 0 Å². The summed E-state index contributed by atoms with van der Waals surface area (Å²) < 4.78 is 28.7. The maximum absolute atomic E-state index is 13.0. The highest BCUT2D eigenvalue weighted by Gasteiger charge is 2.18. The number of benzene rings is 2. The Bertz CT molecular complexity index is 1360. The van der Waals surface area contributed by atoms with E-state index in [1.807, 2.05) is 28.7 Å². The van der Waals surface area contributed by atoms with E-state index in [1.165, 1.54) is 11.8 Å². The second kappa shape index (κ2) is 9.23. The van der Waals surface area contributed by atoms with Gasteiger partial charge in [0.2, 0.25) is 5.78 Å². The SMILES string of the molecule is CCCCCn1c(=O)c2ccccc2n2c(SCCS(=O)(=O)c3ccccc3)nnc12. The molecule has 4 rings (SSSR count). The molecule has 0 fully saturated rings. The highest BCUT2D eigenvalue weighted by Crippen LogP contribution is 2.23. The van der Waals surface area contributed by atoms with Crippen LogP contribution in [0, 0.1) is 0 Å². The van der Waals surface area contributed by atoms with E-state index in [4.69, 9.17) is 0 Å². The predicted molar refractivity (Wildman–Crippen MR) is 123 cm³/mol. The fourth-order valence-corrected chi connectivity index (χ4v) is 6.15. The normalized spacial score (nSPS) is 12.0. The van der Waals surface area contributed by atoms with Crippen LogP contribution in [-0.2, 0) is 16.4 Å². The molecule has 31 heavy (non-hydrogen) atoms. The van der Waals surface area contributed by atoms with Crippen molar-refractivity contribution in [2.24, 2.45) is 0 Å². The summed E-state index contributed by atoms with van der Waals surface area (Å²) in [5, 5.41) is 9.76. The Morgan fingerprint density at radius 1 is 0.968 bits per heavy atom. The van der Waals surface area contributed by atoms with Crippen LogP contribution in [0.2, 0.25) is 0 Å². The first-order valence-electron chi connectivity index (χ1n) is 10.3. The summed E-state index contributed by atoms with van der Waals surface area (Å²) in [6.07, 6.45) is 2.97. The topological polar surface area (TPSA) is 86.3 Å². The molecule has 0 atom stereocenters. The Kier molecular flexibility index (Phi) is 6.43. The Morgan fingerprint density at radius 2 is 1.71 bits per heavy atom. The number of hydrogen-bond donors (Lipinski definition) is 0. The van der Waals surface area contributed by atoms with Gasteiger partial charge in [-0.15, -0.1) is 10.2 Å². The second-order valence-electron chi connectivity index (χ2n) is 7.28. The van der Waals surface area contributed by atoms with Crippen LogP contribution in [0.5, 0.6) is 0 Å². The maximum atomic E-state index is 13.0. The van der Waals surface area contributed by atoms with Gasteiger partial charge in [-0.3, -0.25) is 13.8 Å². The standard InChI is InChI=1S/C22H24N4O3S2/c1-2-3-9-14-25-20(27)18-12-7-8-13-19(18)26-21(25)23-24-22(26)30-15-16-31(28,29)17-10-5-4-6-11-17/h4-8,10-13H,2-3,9,14-16H2,1H3. The first-order valence-corrected chi connectivity index (χ1v) is 12.9. The third-order valence-electron chi connectivity index (χ3n) is 5.15. The number of sulfone groups is 1. The van der Waals surface area contributed by atoms with Gasteiger partial charge in [-0.25, -0.2) is 8.42 Å². The van der Waals surface area contributed by atoms with E-state index in [9.17, 15) is 13.2 Å². The minimum absolute atomic E-state index is 0.00926. The molecule has 0 N–H and O–H groups in total. The number of hydrogen-bond acceptors (Lipinski definition) is 6. The lowest BCUT2D eigenvalue weighted by Crippen LogP contribution is -2.23. The summed E-state index contributed by atoms with van der Waals surface area (Å²) in [5.41, 5.74) is 0.655. The van der Waals surface area contributed by atoms with Gasteiger partial charge in [0.25, 0.3) is 5.56 Å². The van der Waals surface area contributed by atoms with Crippen LogP contribution >= 0.6 is 11.8 Å². The second-order valence-corrected chi connectivity index (χ2v) is 10.5. The molecule has 0 saturated heterocycles. The van der Waals surface area contributed by atoms with Gasteiger partial charge in [0.15, 0.2) is 15.0 Å². The van der Waals surface area contributed by atoms with Gasteiger partial charge < -0.3 is 0 Å². The lowest BCUT2D eigenvalue weighted by Gasteiger charge is -2.11. The average Bonchev–Trinajstić information content (AvgIpc) is 3.20. The number of aromatic nitrogens is 4. The molecule has 4 aromatic rings. The van der Waals surface area contributed by atoms with E-state index in [1.54, 1.807) is 34.9 Å². The molecule has 0 saturated carbocycles. The molecular formula is C22H24N4O3S2. The summed E-state index contributed by atoms with van der Waals surface area (Å²) in [4.78, 5) is 13.4. The van der Waals surface area contributed by atoms with Crippen molar-refractivity contribution >= 4 is 38.3 Å². The van der Waals surface area contributed by atoms with E-state index >= 15 is 0 Å². The van der Waals surface area contributed by atoms with Gasteiger partial charge in [0, 0.05) is 12.3 Å². The first-order chi connectivity index (χ1) is 15.0. The highest BCUT2D eigenvalue weighted by atomic mass is 32.2. The molecule has 9 heteroatoms. The quantitative estimate of drug-likeness (QED) is 0.281. The smallest absolute Gasteiger partial charge is 0.262 e. The van der Waals surface area contributed by atoms with E-state index in [-0.39, 0.29) is 11.3 Å². The molecule has 2 heterocycles. The van der Waals surface area contributed by atoms with Crippen LogP contribution in [0.4, 0.5) is 0 Å². The molecule has 2 aromatic heterocycles. The van der Waals surface area contributed by atoms with Gasteiger partial charge in [0.05, 0.1) is 21.6 Å². The van der Waals surface area contributed by atoms with E-state index in [0.717, 1.165) is 24.8 Å². The van der Waals surface area contributed by atoms with E-state index in [0.29, 0.717) is 33.5 Å². The number of fused-ring (bicyclic) bond motifs is 3. The summed E-state index contributed by atoms with van der Waals surface area (Å²) in [6.45, 7) is 2.69. The lowest BCUT2D eigenvalue weighted by atomic mass is 10.2. The Balaban J connectivity index is 1.67. The zero-order chi connectivity index (χ0) is 21.8. The van der Waals surface area contributed by atoms with Crippen LogP contribution in [0.1, 0.15) is 26.2 Å². The number of para-hydroxylation sites is 1. The minimum atomic E-state index is -3.37. The molecular weight excluding hydrogens is 432 g/mol. The molecule has 0 bridgehead atoms. The highest BCUT2D eigenvalue weighted by molar-refractivity contribution is 8.00. The van der Waals surface area contributed by atoms with E-state index in [2.05, 4.69) is 17.1 Å². The Morgan fingerprint density at radius 3 is 2.48 bits per heavy atom. The summed E-state index contributed by atoms with van der Waals surface area (Å²) in [5.74, 6) is 0.819. The fourth-order valence-electron chi connectivity index (χ4n) is 3.54. The number of nitrogens with zero attached hydrogens (tertiary/aromatic N) is 4. The van der Waals surface area contributed by atoms with Crippen molar-refractivity contribution < 1.29 is 8.42 Å². The van der Waals surface area contributed by atoms with Crippen molar-refractivity contribution in [3.63, 3.8) is 0 Å². The number of unbranched alkanes of at least 4 members (excludes halogenated alkanes) is 2. The summed E-state index contributed by atoms with van der Waals surface area (Å²) in [7, 11) is -3.37. The monoisotopic (exact) mass is 456 g/mol. The number of thioether (sulfide) groups is 1. The Hall–Kier alpha value is -2.65. The molecule has 0 aliphatic heterocycles. The zero-order valence-electron chi connectivity index (χ0n) is 17.3. The average molecular weight is 457 g/mol. The maximum Gasteiger partial charge on any atom is 0.262 e. The summed E-state index contributed by atoms with van der Waals surface area (Å²) in [6, 6.07) is 15.8. The first kappa shape index (κ1) is 21.6. The molecule has 7 nitrogen and oxygen atoms in total. The fraction of sp³-hybridized carbons (Fsp3) is 0.318. The van der Waals surface area contributed by atoms with Gasteiger partial charge in [0.1, 0.15) is 0 Å². The molecule has 162 valence electrons. The molecule has 0 radical (unpaired) electrons. The van der Waals surface area contributed by atoms with Gasteiger partial charge >= 0.3 is 0 Å². The third kappa shape index (κ3) is 4.38.